The first-order valence-corrected chi connectivity index (χ1v) is 8.42. The van der Waals surface area contributed by atoms with E-state index in [0.717, 1.165) is 21.1 Å². The first kappa shape index (κ1) is 19.2. The van der Waals surface area contributed by atoms with Crippen LogP contribution in [0.15, 0.2) is 27.8 Å². The van der Waals surface area contributed by atoms with Gasteiger partial charge < -0.3 is 20.4 Å². The number of rotatable bonds is 5. The molecule has 0 fully saturated rings. The molecular formula is C18H21N3O6. The van der Waals surface area contributed by atoms with Crippen molar-refractivity contribution in [2.24, 2.45) is 0 Å². The van der Waals surface area contributed by atoms with Gasteiger partial charge in [0.1, 0.15) is 24.0 Å². The van der Waals surface area contributed by atoms with Crippen molar-refractivity contribution >= 4 is 21.9 Å². The zero-order chi connectivity index (χ0) is 19.9. The van der Waals surface area contributed by atoms with E-state index in [1.165, 1.54) is 0 Å². The molecule has 3 aromatic rings. The van der Waals surface area contributed by atoms with Crippen LogP contribution >= 0.6 is 0 Å². The number of aromatic amines is 1. The van der Waals surface area contributed by atoms with Gasteiger partial charge in [0.2, 0.25) is 0 Å². The molecule has 0 aliphatic rings. The van der Waals surface area contributed by atoms with Crippen LogP contribution in [0.4, 0.5) is 0 Å². The van der Waals surface area contributed by atoms with Gasteiger partial charge in [-0.25, -0.2) is 9.78 Å². The number of nitrogens with zero attached hydrogens (tertiary/aromatic N) is 2. The SMILES string of the molecule is Cc1cc2cc3c(=O)[nH]c(=O)n(CC(O)C(O)C(O)CO)c3nc2cc1C. The third kappa shape index (κ3) is 3.50. The van der Waals surface area contributed by atoms with Gasteiger partial charge in [-0.1, -0.05) is 0 Å². The van der Waals surface area contributed by atoms with Gasteiger partial charge in [0.05, 0.1) is 24.1 Å². The van der Waals surface area contributed by atoms with Crippen molar-refractivity contribution in [2.45, 2.75) is 38.7 Å². The monoisotopic (exact) mass is 375 g/mol. The average molecular weight is 375 g/mol. The van der Waals surface area contributed by atoms with Crippen molar-refractivity contribution in [2.75, 3.05) is 6.61 Å². The molecule has 3 atom stereocenters. The second-order valence-corrected chi connectivity index (χ2v) is 6.67. The number of H-pyrrole nitrogens is 1. The molecule has 27 heavy (non-hydrogen) atoms. The molecule has 2 aromatic heterocycles. The molecule has 9 nitrogen and oxygen atoms in total. The Kier molecular flexibility index (Phi) is 5.11. The van der Waals surface area contributed by atoms with E-state index in [0.29, 0.717) is 5.52 Å². The van der Waals surface area contributed by atoms with E-state index in [2.05, 4.69) is 9.97 Å². The van der Waals surface area contributed by atoms with Gasteiger partial charge >= 0.3 is 5.69 Å². The van der Waals surface area contributed by atoms with Crippen molar-refractivity contribution in [3.05, 3.63) is 50.2 Å². The van der Waals surface area contributed by atoms with Crippen LogP contribution < -0.4 is 11.2 Å². The molecule has 3 unspecified atom stereocenters. The predicted octanol–water partition coefficient (Wildman–Crippen LogP) is -1.07. The summed E-state index contributed by atoms with van der Waals surface area (Å²) in [6.45, 7) is 2.69. The van der Waals surface area contributed by atoms with Crippen LogP contribution in [0.3, 0.4) is 0 Å². The van der Waals surface area contributed by atoms with Crippen LogP contribution in [0.1, 0.15) is 11.1 Å². The highest BCUT2D eigenvalue weighted by Gasteiger charge is 2.25. The molecule has 0 spiro atoms. The molecule has 5 N–H and O–H groups in total. The molecule has 9 heteroatoms. The normalized spacial score (nSPS) is 15.2. The van der Waals surface area contributed by atoms with E-state index in [4.69, 9.17) is 5.11 Å². The van der Waals surface area contributed by atoms with Crippen molar-refractivity contribution in [3.8, 4) is 0 Å². The number of pyridine rings is 1. The number of aliphatic hydroxyl groups is 4. The Hall–Kier alpha value is -2.59. The summed E-state index contributed by atoms with van der Waals surface area (Å²) >= 11 is 0. The number of aryl methyl sites for hydroxylation is 2. The van der Waals surface area contributed by atoms with Gasteiger partial charge in [0.25, 0.3) is 5.56 Å². The van der Waals surface area contributed by atoms with Crippen molar-refractivity contribution in [3.63, 3.8) is 0 Å². The highest BCUT2D eigenvalue weighted by molar-refractivity contribution is 5.91. The van der Waals surface area contributed by atoms with E-state index >= 15 is 0 Å². The van der Waals surface area contributed by atoms with Crippen molar-refractivity contribution < 1.29 is 20.4 Å². The molecular weight excluding hydrogens is 354 g/mol. The third-order valence-electron chi connectivity index (χ3n) is 4.72. The van der Waals surface area contributed by atoms with Crippen LogP contribution in [-0.4, -0.2) is 59.9 Å². The number of aromatic nitrogens is 3. The fraction of sp³-hybridized carbons (Fsp3) is 0.389. The summed E-state index contributed by atoms with van der Waals surface area (Å²) in [4.78, 5) is 31.1. The van der Waals surface area contributed by atoms with Crippen LogP contribution in [-0.2, 0) is 6.54 Å². The fourth-order valence-corrected chi connectivity index (χ4v) is 2.96. The minimum absolute atomic E-state index is 0.0595. The van der Waals surface area contributed by atoms with Gasteiger partial charge in [0.15, 0.2) is 0 Å². The largest absolute Gasteiger partial charge is 0.394 e. The molecule has 0 saturated heterocycles. The summed E-state index contributed by atoms with van der Waals surface area (Å²) in [5.41, 5.74) is 1.26. The number of nitrogens with one attached hydrogen (secondary N) is 1. The topological polar surface area (TPSA) is 149 Å². The summed E-state index contributed by atoms with van der Waals surface area (Å²) in [6.07, 6.45) is -4.80. The first-order valence-electron chi connectivity index (χ1n) is 8.42. The van der Waals surface area contributed by atoms with Crippen LogP contribution in [0, 0.1) is 13.8 Å². The Morgan fingerprint density at radius 3 is 2.41 bits per heavy atom. The van der Waals surface area contributed by atoms with Gasteiger partial charge in [-0.2, -0.15) is 0 Å². The summed E-state index contributed by atoms with van der Waals surface area (Å²) in [7, 11) is 0. The zero-order valence-corrected chi connectivity index (χ0v) is 14.9. The van der Waals surface area contributed by atoms with Crippen LogP contribution in [0.5, 0.6) is 0 Å². The molecule has 144 valence electrons. The van der Waals surface area contributed by atoms with Gasteiger partial charge in [-0.05, 0) is 43.2 Å². The Morgan fingerprint density at radius 1 is 1.07 bits per heavy atom. The lowest BCUT2D eigenvalue weighted by molar-refractivity contribution is -0.0806. The Balaban J connectivity index is 2.20. The van der Waals surface area contributed by atoms with Crippen LogP contribution in [0.2, 0.25) is 0 Å². The number of fused-ring (bicyclic) bond motifs is 2. The molecule has 0 aliphatic heterocycles. The Labute approximate surface area is 153 Å². The predicted molar refractivity (Wildman–Crippen MR) is 98.7 cm³/mol. The standard InChI is InChI=1S/C18H21N3O6/c1-8-3-10-5-11-16(19-12(10)4-9(8)2)21(18(27)20-17(11)26)6-13(23)15(25)14(24)7-22/h3-5,13-15,22-25H,6-7H2,1-2H3,(H,20,26,27). The minimum atomic E-state index is -1.67. The van der Waals surface area contributed by atoms with E-state index in [-0.39, 0.29) is 11.0 Å². The number of benzene rings is 1. The highest BCUT2D eigenvalue weighted by Crippen LogP contribution is 2.21. The number of hydrogen-bond donors (Lipinski definition) is 5. The van der Waals surface area contributed by atoms with Crippen molar-refractivity contribution in [1.82, 2.24) is 14.5 Å². The molecule has 2 heterocycles. The zero-order valence-electron chi connectivity index (χ0n) is 14.9. The second kappa shape index (κ2) is 7.20. The fourth-order valence-electron chi connectivity index (χ4n) is 2.96. The smallest absolute Gasteiger partial charge is 0.330 e. The van der Waals surface area contributed by atoms with Gasteiger partial charge in [0, 0.05) is 5.39 Å². The summed E-state index contributed by atoms with van der Waals surface area (Å²) < 4.78 is 1.03. The van der Waals surface area contributed by atoms with E-state index in [1.54, 1.807) is 6.07 Å². The Bertz CT molecular complexity index is 1120. The third-order valence-corrected chi connectivity index (χ3v) is 4.72. The Morgan fingerprint density at radius 2 is 1.74 bits per heavy atom. The average Bonchev–Trinajstić information content (AvgIpc) is 2.63. The number of aliphatic hydroxyl groups excluding tert-OH is 4. The lowest BCUT2D eigenvalue weighted by Crippen LogP contribution is -2.44. The maximum Gasteiger partial charge on any atom is 0.330 e. The molecule has 1 aromatic carbocycles. The maximum absolute atomic E-state index is 12.3. The van der Waals surface area contributed by atoms with E-state index in [9.17, 15) is 24.9 Å². The molecule has 0 bridgehead atoms. The molecule has 0 radical (unpaired) electrons. The van der Waals surface area contributed by atoms with E-state index in [1.807, 2.05) is 26.0 Å². The molecule has 0 aliphatic carbocycles. The van der Waals surface area contributed by atoms with Gasteiger partial charge in [-0.3, -0.25) is 14.3 Å². The van der Waals surface area contributed by atoms with E-state index < -0.39 is 42.7 Å². The van der Waals surface area contributed by atoms with Crippen LogP contribution in [0.25, 0.3) is 21.9 Å². The minimum Gasteiger partial charge on any atom is -0.394 e. The lowest BCUT2D eigenvalue weighted by atomic mass is 10.1. The summed E-state index contributed by atoms with van der Waals surface area (Å²) in [5.74, 6) is 0. The second-order valence-electron chi connectivity index (χ2n) is 6.67. The number of hydrogen-bond acceptors (Lipinski definition) is 7. The quantitative estimate of drug-likeness (QED) is 0.357. The van der Waals surface area contributed by atoms with Crippen molar-refractivity contribution in [1.29, 1.82) is 0 Å². The molecule has 0 amide bonds. The molecule has 0 saturated carbocycles. The van der Waals surface area contributed by atoms with Gasteiger partial charge in [-0.15, -0.1) is 0 Å². The lowest BCUT2D eigenvalue weighted by Gasteiger charge is -2.22. The molecule has 3 rings (SSSR count). The highest BCUT2D eigenvalue weighted by atomic mass is 16.4. The first-order chi connectivity index (χ1) is 12.7. The summed E-state index contributed by atoms with van der Waals surface area (Å²) in [6, 6.07) is 5.34. The maximum atomic E-state index is 12.3. The summed E-state index contributed by atoms with van der Waals surface area (Å²) in [5, 5.41) is 39.2.